The molecule has 2 aliphatic rings. The number of hydrogen-bond donors (Lipinski definition) is 1. The Morgan fingerprint density at radius 3 is 2.45 bits per heavy atom. The molecule has 3 aromatic heterocycles. The summed E-state index contributed by atoms with van der Waals surface area (Å²) in [5, 5.41) is 11.0. The van der Waals surface area contributed by atoms with E-state index in [1.807, 2.05) is 71.6 Å². The van der Waals surface area contributed by atoms with Crippen LogP contribution in [0.2, 0.25) is 0 Å². The van der Waals surface area contributed by atoms with Crippen molar-refractivity contribution in [3.8, 4) is 17.0 Å². The summed E-state index contributed by atoms with van der Waals surface area (Å²) >= 11 is 0. The number of aromatic nitrogens is 3. The highest BCUT2D eigenvalue weighted by Gasteiger charge is 2.32. The van der Waals surface area contributed by atoms with Gasteiger partial charge in [0.15, 0.2) is 0 Å². The molecule has 11 heteroatoms. The van der Waals surface area contributed by atoms with Gasteiger partial charge in [-0.25, -0.2) is 9.37 Å². The van der Waals surface area contributed by atoms with Crippen molar-refractivity contribution in [3.63, 3.8) is 0 Å². The van der Waals surface area contributed by atoms with E-state index in [9.17, 15) is 9.90 Å². The van der Waals surface area contributed by atoms with E-state index in [4.69, 9.17) is 4.74 Å². The van der Waals surface area contributed by atoms with Gasteiger partial charge in [0.25, 0.3) is 11.8 Å². The summed E-state index contributed by atoms with van der Waals surface area (Å²) in [5.41, 5.74) is 6.62. The second-order valence-electron chi connectivity index (χ2n) is 14.0. The fourth-order valence-corrected chi connectivity index (χ4v) is 7.64. The number of halogens is 1. The molecule has 1 fully saturated rings. The number of hydrogen-bond acceptors (Lipinski definition) is 6. The second kappa shape index (κ2) is 14.0. The largest absolute Gasteiger partial charge is 0.508 e. The van der Waals surface area contributed by atoms with Gasteiger partial charge in [-0.1, -0.05) is 24.3 Å². The van der Waals surface area contributed by atoms with Crippen LogP contribution in [-0.2, 0) is 38.3 Å². The summed E-state index contributed by atoms with van der Waals surface area (Å²) in [5.74, 6) is -0.935. The lowest BCUT2D eigenvalue weighted by Crippen LogP contribution is -2.42. The molecule has 1 N–H and O–H groups in total. The van der Waals surface area contributed by atoms with E-state index in [-0.39, 0.29) is 23.6 Å². The van der Waals surface area contributed by atoms with E-state index >= 15 is 9.18 Å². The van der Waals surface area contributed by atoms with Crippen molar-refractivity contribution < 1.29 is 23.8 Å². The van der Waals surface area contributed by atoms with Gasteiger partial charge in [0, 0.05) is 86.1 Å². The fraction of sp³-hybridized carbons (Fsp3) is 0.262. The SMILES string of the molecule is C[C@@H]1Cc2ccccc2CN1C(=O)c1ccc(F)cc1-c1cc(C(=O)N(c2ccc(O)cc2)c2cnc3c(ccn3C)c2)c(CN2CCOCC2)n1C. The molecule has 0 unspecified atom stereocenters. The second-order valence-corrected chi connectivity index (χ2v) is 14.0. The first-order valence-corrected chi connectivity index (χ1v) is 17.9. The highest BCUT2D eigenvalue weighted by atomic mass is 19.1. The van der Waals surface area contributed by atoms with Crippen LogP contribution >= 0.6 is 0 Å². The number of nitrogens with zero attached hydrogens (tertiary/aromatic N) is 6. The molecule has 0 saturated carbocycles. The number of anilines is 2. The van der Waals surface area contributed by atoms with Crippen LogP contribution in [-0.4, -0.2) is 73.2 Å². The number of phenols is 1. The Morgan fingerprint density at radius 1 is 0.925 bits per heavy atom. The fourth-order valence-electron chi connectivity index (χ4n) is 7.64. The van der Waals surface area contributed by atoms with Crippen molar-refractivity contribution in [2.24, 2.45) is 14.1 Å². The molecule has 10 nitrogen and oxygen atoms in total. The highest BCUT2D eigenvalue weighted by Crippen LogP contribution is 2.36. The molecule has 1 atom stereocenters. The first-order chi connectivity index (χ1) is 25.7. The maximum absolute atomic E-state index is 15.3. The van der Waals surface area contributed by atoms with E-state index in [0.717, 1.165) is 23.0 Å². The number of carbonyl (C=O) groups is 2. The lowest BCUT2D eigenvalue weighted by Gasteiger charge is -2.35. The van der Waals surface area contributed by atoms with Gasteiger partial charge in [-0.3, -0.25) is 19.4 Å². The summed E-state index contributed by atoms with van der Waals surface area (Å²) in [4.78, 5) is 40.0. The van der Waals surface area contributed by atoms with Crippen LogP contribution in [0.1, 0.15) is 44.5 Å². The first-order valence-electron chi connectivity index (χ1n) is 17.9. The van der Waals surface area contributed by atoms with E-state index < -0.39 is 5.82 Å². The molecule has 8 rings (SSSR count). The van der Waals surface area contributed by atoms with Crippen LogP contribution in [0.3, 0.4) is 0 Å². The molecule has 6 aromatic rings. The summed E-state index contributed by atoms with van der Waals surface area (Å²) < 4.78 is 24.7. The Bertz CT molecular complexity index is 2340. The number of ether oxygens (including phenoxy) is 1. The first kappa shape index (κ1) is 34.3. The molecule has 5 heterocycles. The van der Waals surface area contributed by atoms with Gasteiger partial charge < -0.3 is 23.9 Å². The van der Waals surface area contributed by atoms with Gasteiger partial charge in [-0.2, -0.15) is 0 Å². The van der Waals surface area contributed by atoms with Crippen molar-refractivity contribution in [2.45, 2.75) is 32.5 Å². The van der Waals surface area contributed by atoms with Crippen molar-refractivity contribution >= 4 is 34.2 Å². The standard InChI is InChI=1S/C42H41FN6O4/c1-27-20-28-6-4-5-7-30(28)25-48(27)41(51)35-13-8-31(43)22-36(35)38-23-37(39(46(38)3)26-47-16-18-53-19-17-47)42(52)49(32-9-11-34(50)12-10-32)33-21-29-14-15-45(2)40(29)44-24-33/h4-15,21-24,27,50H,16-20,25-26H2,1-3H3/t27-/m1/s1. The molecule has 3 aromatic carbocycles. The monoisotopic (exact) mass is 712 g/mol. The quantitative estimate of drug-likeness (QED) is 0.195. The number of benzene rings is 3. The molecule has 0 aliphatic carbocycles. The van der Waals surface area contributed by atoms with Crippen molar-refractivity contribution in [1.29, 1.82) is 0 Å². The molecule has 53 heavy (non-hydrogen) atoms. The van der Waals surface area contributed by atoms with Gasteiger partial charge in [-0.15, -0.1) is 0 Å². The van der Waals surface area contributed by atoms with E-state index in [0.29, 0.717) is 78.8 Å². The Balaban J connectivity index is 1.26. The zero-order valence-corrected chi connectivity index (χ0v) is 30.0. The normalized spacial score (nSPS) is 16.2. The molecule has 0 bridgehead atoms. The maximum Gasteiger partial charge on any atom is 0.264 e. The molecule has 0 radical (unpaired) electrons. The van der Waals surface area contributed by atoms with Crippen molar-refractivity contribution in [3.05, 3.63) is 131 Å². The number of aromatic hydroxyl groups is 1. The molecule has 0 spiro atoms. The number of fused-ring (bicyclic) bond motifs is 2. The maximum atomic E-state index is 15.3. The third kappa shape index (κ3) is 6.47. The number of amides is 2. The zero-order valence-electron chi connectivity index (χ0n) is 30.0. The number of pyridine rings is 1. The lowest BCUT2D eigenvalue weighted by molar-refractivity contribution is 0.0332. The highest BCUT2D eigenvalue weighted by molar-refractivity contribution is 6.13. The minimum absolute atomic E-state index is 0.0628. The summed E-state index contributed by atoms with van der Waals surface area (Å²) in [6, 6.07) is 24.5. The molecule has 2 aliphatic heterocycles. The van der Waals surface area contributed by atoms with E-state index in [2.05, 4.69) is 16.0 Å². The Kier molecular flexibility index (Phi) is 9.05. The van der Waals surface area contributed by atoms with Crippen LogP contribution in [0.4, 0.5) is 15.8 Å². The summed E-state index contributed by atoms with van der Waals surface area (Å²) in [7, 11) is 3.78. The number of morpholine rings is 1. The average Bonchev–Trinajstić information content (AvgIpc) is 3.70. The Labute approximate surface area is 307 Å². The lowest BCUT2D eigenvalue weighted by atomic mass is 9.93. The van der Waals surface area contributed by atoms with Gasteiger partial charge in [-0.05, 0) is 85.1 Å². The molecule has 2 amide bonds. The van der Waals surface area contributed by atoms with Crippen LogP contribution in [0.5, 0.6) is 5.75 Å². The van der Waals surface area contributed by atoms with Gasteiger partial charge in [0.1, 0.15) is 17.2 Å². The number of carbonyl (C=O) groups excluding carboxylic acids is 2. The van der Waals surface area contributed by atoms with Crippen LogP contribution in [0.25, 0.3) is 22.3 Å². The smallest absolute Gasteiger partial charge is 0.264 e. The van der Waals surface area contributed by atoms with Crippen LogP contribution in [0.15, 0.2) is 97.3 Å². The van der Waals surface area contributed by atoms with E-state index in [1.165, 1.54) is 17.7 Å². The predicted octanol–water partition coefficient (Wildman–Crippen LogP) is 6.82. The number of aryl methyl sites for hydroxylation is 1. The minimum Gasteiger partial charge on any atom is -0.508 e. The van der Waals surface area contributed by atoms with E-state index in [1.54, 1.807) is 47.5 Å². The summed E-state index contributed by atoms with van der Waals surface area (Å²) in [6.07, 6.45) is 4.31. The third-order valence-corrected chi connectivity index (χ3v) is 10.6. The zero-order chi connectivity index (χ0) is 36.8. The summed E-state index contributed by atoms with van der Waals surface area (Å²) in [6.45, 7) is 5.43. The minimum atomic E-state index is -0.481. The van der Waals surface area contributed by atoms with Crippen LogP contribution in [0, 0.1) is 5.82 Å². The van der Waals surface area contributed by atoms with Gasteiger partial charge in [0.2, 0.25) is 0 Å². The molecule has 1 saturated heterocycles. The number of phenolic OH excluding ortho intramolecular Hbond substituents is 1. The Hall–Kier alpha value is -5.78. The topological polar surface area (TPSA) is 96.1 Å². The predicted molar refractivity (Wildman–Crippen MR) is 202 cm³/mol. The number of rotatable bonds is 7. The molecular weight excluding hydrogens is 671 g/mol. The molecule has 270 valence electrons. The average molecular weight is 713 g/mol. The van der Waals surface area contributed by atoms with Crippen LogP contribution < -0.4 is 4.90 Å². The van der Waals surface area contributed by atoms with Gasteiger partial charge in [0.05, 0.1) is 30.7 Å². The molecular formula is C42H41FN6O4. The van der Waals surface area contributed by atoms with Crippen molar-refractivity contribution in [1.82, 2.24) is 23.9 Å². The third-order valence-electron chi connectivity index (χ3n) is 10.6. The van der Waals surface area contributed by atoms with Gasteiger partial charge >= 0.3 is 0 Å². The van der Waals surface area contributed by atoms with Crippen molar-refractivity contribution in [2.75, 3.05) is 31.2 Å². The Morgan fingerprint density at radius 2 is 1.68 bits per heavy atom.